The number of hydrogen-bond acceptors (Lipinski definition) is 4. The molecule has 0 unspecified atom stereocenters. The number of aromatic nitrogens is 4. The number of hydrogen-bond donors (Lipinski definition) is 4. The summed E-state index contributed by atoms with van der Waals surface area (Å²) < 4.78 is 0. The maximum Gasteiger partial charge on any atom is 0.303 e. The molecule has 9 rings (SSSR count). The lowest BCUT2D eigenvalue weighted by Gasteiger charge is -2.08. The van der Waals surface area contributed by atoms with Crippen molar-refractivity contribution in [3.05, 3.63) is 168 Å². The number of nitrogens with one attached hydrogen (secondary N) is 3. The molecule has 0 saturated carbocycles. The predicted octanol–water partition coefficient (Wildman–Crippen LogP) is 10.9. The fourth-order valence-corrected chi connectivity index (χ4v) is 7.57. The Labute approximate surface area is 329 Å². The predicted molar refractivity (Wildman–Crippen MR) is 230 cm³/mol. The van der Waals surface area contributed by atoms with E-state index in [1.165, 1.54) is 0 Å². The third kappa shape index (κ3) is 7.08. The first kappa shape index (κ1) is 35.1. The Hall–Kier alpha value is -7.58. The minimum atomic E-state index is -0.886. The van der Waals surface area contributed by atoms with Gasteiger partial charge in [-0.15, -0.1) is 0 Å². The van der Waals surface area contributed by atoms with E-state index < -0.39 is 5.97 Å². The van der Waals surface area contributed by atoms with Gasteiger partial charge in [0.15, 0.2) is 0 Å². The minimum Gasteiger partial charge on any atom is -0.481 e. The number of aliphatic carboxylic acids is 1. The van der Waals surface area contributed by atoms with Crippen LogP contribution in [0.15, 0.2) is 140 Å². The van der Waals surface area contributed by atoms with Gasteiger partial charge in [-0.3, -0.25) is 9.59 Å². The molecule has 0 spiro atoms. The van der Waals surface area contributed by atoms with Gasteiger partial charge in [-0.05, 0) is 89.4 Å². The molecule has 1 amide bonds. The molecule has 0 fully saturated rings. The lowest BCUT2D eigenvalue weighted by atomic mass is 10.0. The summed E-state index contributed by atoms with van der Waals surface area (Å²) in [6, 6.07) is 46.8. The van der Waals surface area contributed by atoms with Crippen molar-refractivity contribution in [2.75, 3.05) is 6.54 Å². The molecule has 8 nitrogen and oxygen atoms in total. The Morgan fingerprint density at radius 2 is 0.825 bits per heavy atom. The van der Waals surface area contributed by atoms with E-state index in [1.807, 2.05) is 60.7 Å². The molecule has 0 atom stereocenters. The molecular weight excluding hydrogens is 707 g/mol. The van der Waals surface area contributed by atoms with Crippen LogP contribution in [0.25, 0.3) is 90.9 Å². The highest BCUT2D eigenvalue weighted by Gasteiger charge is 2.19. The highest BCUT2D eigenvalue weighted by molar-refractivity contribution is 6.00. The summed E-state index contributed by atoms with van der Waals surface area (Å²) in [6.07, 6.45) is 8.65. The Morgan fingerprint density at radius 1 is 0.474 bits per heavy atom. The third-order valence-electron chi connectivity index (χ3n) is 10.2. The fourth-order valence-electron chi connectivity index (χ4n) is 7.57. The zero-order valence-electron chi connectivity index (χ0n) is 30.9. The first-order chi connectivity index (χ1) is 28.0. The highest BCUT2D eigenvalue weighted by atomic mass is 16.4. The molecule has 57 heavy (non-hydrogen) atoms. The van der Waals surface area contributed by atoms with E-state index in [1.54, 1.807) is 12.1 Å². The Balaban J connectivity index is 1.33. The summed E-state index contributed by atoms with van der Waals surface area (Å²) in [5.74, 6) is -1.14. The van der Waals surface area contributed by atoms with Gasteiger partial charge in [0, 0.05) is 62.8 Å². The van der Waals surface area contributed by atoms with Gasteiger partial charge in [-0.25, -0.2) is 9.97 Å². The maximum atomic E-state index is 13.0. The van der Waals surface area contributed by atoms with Crippen LogP contribution in [0.5, 0.6) is 0 Å². The van der Waals surface area contributed by atoms with Gasteiger partial charge in [0.25, 0.3) is 5.91 Å². The molecule has 7 aromatic rings. The molecule has 8 heteroatoms. The lowest BCUT2D eigenvalue weighted by molar-refractivity contribution is -0.137. The van der Waals surface area contributed by atoms with Gasteiger partial charge in [-0.2, -0.15) is 0 Å². The average Bonchev–Trinajstić information content (AvgIpc) is 4.09. The molecule has 4 N–H and O–H groups in total. The summed E-state index contributed by atoms with van der Waals surface area (Å²) in [5.41, 5.74) is 15.1. The van der Waals surface area contributed by atoms with Crippen molar-refractivity contribution < 1.29 is 14.7 Å². The second kappa shape index (κ2) is 15.3. The monoisotopic (exact) mass is 743 g/mol. The van der Waals surface area contributed by atoms with E-state index in [4.69, 9.17) is 15.1 Å². The van der Waals surface area contributed by atoms with Crippen LogP contribution >= 0.6 is 0 Å². The van der Waals surface area contributed by atoms with Gasteiger partial charge >= 0.3 is 5.97 Å². The molecule has 8 bridgehead atoms. The normalized spacial score (nSPS) is 11.8. The maximum absolute atomic E-state index is 13.0. The number of nitrogens with zero attached hydrogens (tertiary/aromatic N) is 2. The van der Waals surface area contributed by atoms with Crippen LogP contribution in [0.1, 0.15) is 46.0 Å². The van der Waals surface area contributed by atoms with Crippen LogP contribution in [0.3, 0.4) is 0 Å². The quantitative estimate of drug-likeness (QED) is 0.110. The van der Waals surface area contributed by atoms with E-state index in [-0.39, 0.29) is 18.9 Å². The molecule has 276 valence electrons. The number of carbonyl (C=O) groups is 2. The molecule has 4 aromatic carbocycles. The van der Waals surface area contributed by atoms with Crippen molar-refractivity contribution in [2.45, 2.75) is 12.8 Å². The number of benzene rings is 4. The largest absolute Gasteiger partial charge is 0.481 e. The van der Waals surface area contributed by atoms with Gasteiger partial charge in [0.1, 0.15) is 0 Å². The summed E-state index contributed by atoms with van der Waals surface area (Å²) in [4.78, 5) is 42.1. The van der Waals surface area contributed by atoms with Crippen LogP contribution in [0, 0.1) is 0 Å². The van der Waals surface area contributed by atoms with E-state index in [0.717, 1.165) is 89.4 Å². The van der Waals surface area contributed by atoms with Gasteiger partial charge < -0.3 is 20.4 Å². The average molecular weight is 744 g/mol. The van der Waals surface area contributed by atoms with Crippen molar-refractivity contribution in [1.82, 2.24) is 25.3 Å². The van der Waals surface area contributed by atoms with Crippen LogP contribution < -0.4 is 5.32 Å². The summed E-state index contributed by atoms with van der Waals surface area (Å²) in [6.45, 7) is 0.282. The number of H-pyrrole nitrogens is 2. The van der Waals surface area contributed by atoms with E-state index in [2.05, 4.69) is 106 Å². The third-order valence-corrected chi connectivity index (χ3v) is 10.2. The topological polar surface area (TPSA) is 124 Å². The summed E-state index contributed by atoms with van der Waals surface area (Å²) in [5, 5.41) is 11.8. The molecule has 3 aromatic heterocycles. The molecule has 2 aliphatic heterocycles. The molecule has 0 aliphatic carbocycles. The first-order valence-corrected chi connectivity index (χ1v) is 18.9. The van der Waals surface area contributed by atoms with Crippen molar-refractivity contribution in [1.29, 1.82) is 0 Å². The zero-order valence-corrected chi connectivity index (χ0v) is 30.9. The van der Waals surface area contributed by atoms with Crippen LogP contribution in [-0.4, -0.2) is 43.5 Å². The van der Waals surface area contributed by atoms with Crippen LogP contribution in [0.4, 0.5) is 0 Å². The number of fused-ring (bicyclic) bond motifs is 8. The molecule has 0 radical (unpaired) electrons. The van der Waals surface area contributed by atoms with Crippen molar-refractivity contribution in [3.63, 3.8) is 0 Å². The number of amides is 1. The van der Waals surface area contributed by atoms with E-state index in [0.29, 0.717) is 12.0 Å². The SMILES string of the molecule is O=C(O)CCCNC(=O)c1ccc(-c2c3nc(c(-c4ccccc4)c4ccc([nH]4)c(-c4ccccc4)c4nc(c(-c5ccccc5)c5ccc2[nH]5)C=C4)C=C3)cc1. The van der Waals surface area contributed by atoms with E-state index in [9.17, 15) is 9.59 Å². The zero-order chi connectivity index (χ0) is 38.7. The second-order valence-electron chi connectivity index (χ2n) is 13.9. The fraction of sp³-hybridized carbons (Fsp3) is 0.0612. The number of rotatable bonds is 9. The first-order valence-electron chi connectivity index (χ1n) is 18.9. The molecule has 5 heterocycles. The number of carboxylic acids is 1. The Morgan fingerprint density at radius 3 is 1.18 bits per heavy atom. The van der Waals surface area contributed by atoms with Gasteiger partial charge in [-0.1, -0.05) is 103 Å². The standard InChI is InChI=1S/C49H37N5O3/c55-44(56)17-10-30-50-49(57)35-20-18-34(19-21-35)48-42-28-26-40(53-42)46(32-13-6-2-7-14-32)38-24-22-36(51-38)45(31-11-4-1-5-12-31)37-23-25-39(52-37)47(33-15-8-3-9-16-33)41-27-29-43(48)54-41/h1-9,11-16,18-29,51,54H,10,17,30H2,(H,50,57)(H,55,56). The molecule has 0 saturated heterocycles. The Kier molecular flexibility index (Phi) is 9.42. The summed E-state index contributed by atoms with van der Waals surface area (Å²) in [7, 11) is 0. The minimum absolute atomic E-state index is 0.00160. The van der Waals surface area contributed by atoms with Gasteiger partial charge in [0.2, 0.25) is 0 Å². The smallest absolute Gasteiger partial charge is 0.303 e. The number of aromatic amines is 2. The van der Waals surface area contributed by atoms with Crippen LogP contribution in [0.2, 0.25) is 0 Å². The van der Waals surface area contributed by atoms with Crippen molar-refractivity contribution in [3.8, 4) is 44.5 Å². The second-order valence-corrected chi connectivity index (χ2v) is 13.9. The number of carbonyl (C=O) groups excluding carboxylic acids is 1. The summed E-state index contributed by atoms with van der Waals surface area (Å²) >= 11 is 0. The lowest BCUT2D eigenvalue weighted by Crippen LogP contribution is -2.24. The van der Waals surface area contributed by atoms with Gasteiger partial charge in [0.05, 0.1) is 22.8 Å². The Bertz CT molecular complexity index is 2840. The van der Waals surface area contributed by atoms with Crippen molar-refractivity contribution >= 4 is 58.2 Å². The number of carboxylic acid groups (broad SMARTS) is 1. The van der Waals surface area contributed by atoms with E-state index >= 15 is 0 Å². The van der Waals surface area contributed by atoms with Crippen LogP contribution in [-0.2, 0) is 4.79 Å². The van der Waals surface area contributed by atoms with Crippen molar-refractivity contribution in [2.24, 2.45) is 0 Å². The molecular formula is C49H37N5O3. The molecule has 2 aliphatic rings. The highest BCUT2D eigenvalue weighted by Crippen LogP contribution is 2.38.